The summed E-state index contributed by atoms with van der Waals surface area (Å²) in [6, 6.07) is 8.63. The molecule has 23 heavy (non-hydrogen) atoms. The largest absolute Gasteiger partial charge is 0.322 e. The SMILES string of the molecule is Cc1ccc(N2CCCS2(=O)=O)cc1NC(=O)c1cccnc1. The summed E-state index contributed by atoms with van der Waals surface area (Å²) in [7, 11) is -3.24. The average Bonchev–Trinajstić information content (AvgIpc) is 2.90. The van der Waals surface area contributed by atoms with E-state index in [9.17, 15) is 13.2 Å². The minimum absolute atomic E-state index is 0.165. The standard InChI is InChI=1S/C16H17N3O3S/c1-12-5-6-14(19-8-3-9-23(19,21)22)10-15(12)18-16(20)13-4-2-7-17-11-13/h2,4-7,10-11H,3,8-9H2,1H3,(H,18,20). The number of benzene rings is 1. The molecule has 0 radical (unpaired) electrons. The van der Waals surface area contributed by atoms with Gasteiger partial charge in [0.2, 0.25) is 10.0 Å². The average molecular weight is 331 g/mol. The zero-order chi connectivity index (χ0) is 16.4. The highest BCUT2D eigenvalue weighted by Gasteiger charge is 2.28. The fourth-order valence-corrected chi connectivity index (χ4v) is 4.08. The molecule has 0 spiro atoms. The van der Waals surface area contributed by atoms with Gasteiger partial charge in [0.05, 0.1) is 17.0 Å². The number of carbonyl (C=O) groups excluding carboxylic acids is 1. The molecule has 2 heterocycles. The number of aromatic nitrogens is 1. The van der Waals surface area contributed by atoms with Gasteiger partial charge in [-0.05, 0) is 43.2 Å². The highest BCUT2D eigenvalue weighted by Crippen LogP contribution is 2.28. The molecule has 7 heteroatoms. The highest BCUT2D eigenvalue weighted by atomic mass is 32.2. The predicted molar refractivity (Wildman–Crippen MR) is 89.1 cm³/mol. The third-order valence-corrected chi connectivity index (χ3v) is 5.65. The van der Waals surface area contributed by atoms with Gasteiger partial charge in [0, 0.05) is 24.6 Å². The number of aryl methyl sites for hydroxylation is 1. The molecule has 2 aromatic rings. The first kappa shape index (κ1) is 15.5. The predicted octanol–water partition coefficient (Wildman–Crippen LogP) is 2.18. The van der Waals surface area contributed by atoms with Crippen LogP contribution in [0.1, 0.15) is 22.3 Å². The summed E-state index contributed by atoms with van der Waals surface area (Å²) in [5, 5.41) is 2.82. The molecule has 0 bridgehead atoms. The molecule has 0 atom stereocenters. The van der Waals surface area contributed by atoms with Crippen molar-refractivity contribution in [1.82, 2.24) is 4.98 Å². The van der Waals surface area contributed by atoms with Crippen LogP contribution in [-0.2, 0) is 10.0 Å². The summed E-state index contributed by atoms with van der Waals surface area (Å²) in [5.41, 5.74) is 2.49. The van der Waals surface area contributed by atoms with Crippen LogP contribution in [0.3, 0.4) is 0 Å². The van der Waals surface area contributed by atoms with Crippen molar-refractivity contribution in [3.05, 3.63) is 53.9 Å². The van der Waals surface area contributed by atoms with Crippen LogP contribution in [0.25, 0.3) is 0 Å². The second-order valence-electron chi connectivity index (χ2n) is 5.44. The lowest BCUT2D eigenvalue weighted by atomic mass is 10.1. The van der Waals surface area contributed by atoms with E-state index in [0.717, 1.165) is 5.56 Å². The quantitative estimate of drug-likeness (QED) is 0.935. The molecule has 3 rings (SSSR count). The van der Waals surface area contributed by atoms with Crippen molar-refractivity contribution >= 4 is 27.3 Å². The van der Waals surface area contributed by atoms with Gasteiger partial charge < -0.3 is 5.32 Å². The first-order chi connectivity index (χ1) is 11.0. The summed E-state index contributed by atoms with van der Waals surface area (Å²) in [5.74, 6) is -0.110. The third kappa shape index (κ3) is 3.19. The Balaban J connectivity index is 1.88. The van der Waals surface area contributed by atoms with Crippen LogP contribution in [0.4, 0.5) is 11.4 Å². The number of anilines is 2. The molecule has 6 nitrogen and oxygen atoms in total. The zero-order valence-electron chi connectivity index (χ0n) is 12.7. The number of pyridine rings is 1. The molecule has 0 aliphatic carbocycles. The second-order valence-corrected chi connectivity index (χ2v) is 7.45. The second kappa shape index (κ2) is 6.00. The number of rotatable bonds is 3. The normalized spacial score (nSPS) is 16.3. The first-order valence-corrected chi connectivity index (χ1v) is 8.91. The van der Waals surface area contributed by atoms with Crippen LogP contribution in [-0.4, -0.2) is 31.6 Å². The van der Waals surface area contributed by atoms with E-state index in [2.05, 4.69) is 10.3 Å². The number of hydrogen-bond acceptors (Lipinski definition) is 4. The maximum Gasteiger partial charge on any atom is 0.257 e. The van der Waals surface area contributed by atoms with Gasteiger partial charge in [-0.15, -0.1) is 0 Å². The summed E-state index contributed by atoms with van der Waals surface area (Å²) < 4.78 is 25.5. The molecule has 1 N–H and O–H groups in total. The van der Waals surface area contributed by atoms with Gasteiger partial charge in [-0.25, -0.2) is 8.42 Å². The Hall–Kier alpha value is -2.41. The number of sulfonamides is 1. The molecule has 1 aromatic carbocycles. The van der Waals surface area contributed by atoms with Gasteiger partial charge in [-0.3, -0.25) is 14.1 Å². The first-order valence-electron chi connectivity index (χ1n) is 7.30. The van der Waals surface area contributed by atoms with E-state index < -0.39 is 10.0 Å². The molecule has 0 unspecified atom stereocenters. The zero-order valence-corrected chi connectivity index (χ0v) is 13.5. The number of carbonyl (C=O) groups is 1. The van der Waals surface area contributed by atoms with Crippen molar-refractivity contribution in [1.29, 1.82) is 0 Å². The summed E-state index contributed by atoms with van der Waals surface area (Å²) in [6.45, 7) is 2.34. The lowest BCUT2D eigenvalue weighted by Gasteiger charge is -2.19. The summed E-state index contributed by atoms with van der Waals surface area (Å²) in [4.78, 5) is 16.2. The summed E-state index contributed by atoms with van der Waals surface area (Å²) >= 11 is 0. The number of hydrogen-bond donors (Lipinski definition) is 1. The van der Waals surface area contributed by atoms with Gasteiger partial charge in [0.1, 0.15) is 0 Å². The lowest BCUT2D eigenvalue weighted by Crippen LogP contribution is -2.25. The molecule has 1 aliphatic heterocycles. The van der Waals surface area contributed by atoms with E-state index >= 15 is 0 Å². The maximum atomic E-state index is 12.2. The monoisotopic (exact) mass is 331 g/mol. The van der Waals surface area contributed by atoms with E-state index in [0.29, 0.717) is 29.9 Å². The fraction of sp³-hybridized carbons (Fsp3) is 0.250. The Morgan fingerprint density at radius 2 is 2.13 bits per heavy atom. The molecule has 1 aromatic heterocycles. The Bertz CT molecular complexity index is 835. The lowest BCUT2D eigenvalue weighted by molar-refractivity contribution is 0.102. The minimum Gasteiger partial charge on any atom is -0.322 e. The van der Waals surface area contributed by atoms with Crippen molar-refractivity contribution in [2.45, 2.75) is 13.3 Å². The van der Waals surface area contributed by atoms with E-state index in [1.54, 1.807) is 30.5 Å². The number of nitrogens with zero attached hydrogens (tertiary/aromatic N) is 2. The molecule has 0 saturated carbocycles. The van der Waals surface area contributed by atoms with Crippen LogP contribution in [0.2, 0.25) is 0 Å². The van der Waals surface area contributed by atoms with Crippen LogP contribution in [0.15, 0.2) is 42.7 Å². The Morgan fingerprint density at radius 3 is 2.78 bits per heavy atom. The van der Waals surface area contributed by atoms with Crippen LogP contribution >= 0.6 is 0 Å². The molecular weight excluding hydrogens is 314 g/mol. The smallest absolute Gasteiger partial charge is 0.257 e. The summed E-state index contributed by atoms with van der Waals surface area (Å²) in [6.07, 6.45) is 3.70. The van der Waals surface area contributed by atoms with Gasteiger partial charge >= 0.3 is 0 Å². The van der Waals surface area contributed by atoms with Gasteiger partial charge in [-0.2, -0.15) is 0 Å². The van der Waals surface area contributed by atoms with Crippen LogP contribution < -0.4 is 9.62 Å². The Morgan fingerprint density at radius 1 is 1.30 bits per heavy atom. The topological polar surface area (TPSA) is 79.4 Å². The molecular formula is C16H17N3O3S. The fourth-order valence-electron chi connectivity index (χ4n) is 2.52. The van der Waals surface area contributed by atoms with Crippen molar-refractivity contribution < 1.29 is 13.2 Å². The highest BCUT2D eigenvalue weighted by molar-refractivity contribution is 7.93. The minimum atomic E-state index is -3.24. The molecule has 1 amide bonds. The van der Waals surface area contributed by atoms with Crippen molar-refractivity contribution in [2.24, 2.45) is 0 Å². The maximum absolute atomic E-state index is 12.2. The molecule has 1 saturated heterocycles. The van der Waals surface area contributed by atoms with E-state index in [1.807, 2.05) is 13.0 Å². The van der Waals surface area contributed by atoms with Gasteiger partial charge in [0.15, 0.2) is 0 Å². The molecule has 1 aliphatic rings. The van der Waals surface area contributed by atoms with Gasteiger partial charge in [0.25, 0.3) is 5.91 Å². The Kier molecular flexibility index (Phi) is 4.04. The third-order valence-electron chi connectivity index (χ3n) is 3.78. The van der Waals surface area contributed by atoms with Crippen molar-refractivity contribution in [3.63, 3.8) is 0 Å². The van der Waals surface area contributed by atoms with Crippen LogP contribution in [0, 0.1) is 6.92 Å². The molecule has 1 fully saturated rings. The Labute approximate surface area is 135 Å². The molecule has 120 valence electrons. The number of nitrogens with one attached hydrogen (secondary N) is 1. The number of amides is 1. The van der Waals surface area contributed by atoms with E-state index in [4.69, 9.17) is 0 Å². The van der Waals surface area contributed by atoms with Crippen LogP contribution in [0.5, 0.6) is 0 Å². The van der Waals surface area contributed by atoms with Crippen molar-refractivity contribution in [2.75, 3.05) is 21.9 Å². The van der Waals surface area contributed by atoms with Crippen molar-refractivity contribution in [3.8, 4) is 0 Å². The van der Waals surface area contributed by atoms with E-state index in [-0.39, 0.29) is 11.7 Å². The van der Waals surface area contributed by atoms with Gasteiger partial charge in [-0.1, -0.05) is 6.07 Å². The van der Waals surface area contributed by atoms with E-state index in [1.165, 1.54) is 10.5 Å².